The predicted molar refractivity (Wildman–Crippen MR) is 64.9 cm³/mol. The zero-order valence-electron chi connectivity index (χ0n) is 10.5. The number of hydrogen-bond acceptors (Lipinski definition) is 4. The molecular weight excluding hydrogens is 238 g/mol. The molecule has 6 heteroatoms. The molecule has 0 atom stereocenters. The van der Waals surface area contributed by atoms with Gasteiger partial charge in [-0.15, -0.1) is 0 Å². The van der Waals surface area contributed by atoms with Crippen molar-refractivity contribution < 1.29 is 24.1 Å². The van der Waals surface area contributed by atoms with Crippen LogP contribution in [0.2, 0.25) is 0 Å². The number of carbonyl (C=O) groups is 1. The second kappa shape index (κ2) is 8.68. The molecule has 0 saturated heterocycles. The van der Waals surface area contributed by atoms with Crippen molar-refractivity contribution in [3.05, 3.63) is 24.0 Å². The summed E-state index contributed by atoms with van der Waals surface area (Å²) < 4.78 is 17.0. The molecule has 18 heavy (non-hydrogen) atoms. The Bertz CT molecular complexity index is 350. The van der Waals surface area contributed by atoms with Crippen molar-refractivity contribution in [2.24, 2.45) is 0 Å². The zero-order chi connectivity index (χ0) is 13.2. The van der Waals surface area contributed by atoms with Gasteiger partial charge in [-0.1, -0.05) is 0 Å². The van der Waals surface area contributed by atoms with Crippen molar-refractivity contribution in [1.82, 2.24) is 4.57 Å². The lowest BCUT2D eigenvalue weighted by Crippen LogP contribution is -2.14. The highest BCUT2D eigenvalue weighted by Crippen LogP contribution is 2.01. The summed E-state index contributed by atoms with van der Waals surface area (Å²) in [6.07, 6.45) is 1.72. The van der Waals surface area contributed by atoms with Crippen molar-refractivity contribution in [3.8, 4) is 0 Å². The summed E-state index contributed by atoms with van der Waals surface area (Å²) in [5, 5.41) is 8.88. The van der Waals surface area contributed by atoms with E-state index in [4.69, 9.17) is 19.3 Å². The third-order valence-electron chi connectivity index (χ3n) is 2.33. The predicted octanol–water partition coefficient (Wildman–Crippen LogP) is 0.866. The molecule has 0 aliphatic rings. The highest BCUT2D eigenvalue weighted by molar-refractivity contribution is 5.85. The highest BCUT2D eigenvalue weighted by atomic mass is 16.5. The Kier molecular flexibility index (Phi) is 7.09. The third kappa shape index (κ3) is 5.31. The van der Waals surface area contributed by atoms with Gasteiger partial charge in [-0.3, -0.25) is 0 Å². The second-order valence-corrected chi connectivity index (χ2v) is 3.61. The van der Waals surface area contributed by atoms with Crippen LogP contribution in [0.1, 0.15) is 10.5 Å². The maximum atomic E-state index is 10.8. The smallest absolute Gasteiger partial charge is 0.352 e. The largest absolute Gasteiger partial charge is 0.477 e. The number of nitrogens with zero attached hydrogens (tertiary/aromatic N) is 1. The van der Waals surface area contributed by atoms with Gasteiger partial charge in [0.25, 0.3) is 0 Å². The molecule has 6 nitrogen and oxygen atoms in total. The summed E-state index contributed by atoms with van der Waals surface area (Å²) in [5.41, 5.74) is 0.273. The minimum Gasteiger partial charge on any atom is -0.477 e. The molecule has 0 unspecified atom stereocenters. The van der Waals surface area contributed by atoms with Crippen LogP contribution in [0.3, 0.4) is 0 Å². The molecule has 0 saturated carbocycles. The van der Waals surface area contributed by atoms with Crippen LogP contribution >= 0.6 is 0 Å². The van der Waals surface area contributed by atoms with E-state index in [1.807, 2.05) is 0 Å². The molecule has 1 aromatic heterocycles. The van der Waals surface area contributed by atoms with Gasteiger partial charge in [0.1, 0.15) is 5.69 Å². The number of rotatable bonds is 10. The summed E-state index contributed by atoms with van der Waals surface area (Å²) in [4.78, 5) is 10.8. The number of aromatic nitrogens is 1. The number of ether oxygens (including phenoxy) is 3. The summed E-state index contributed by atoms with van der Waals surface area (Å²) >= 11 is 0. The number of methoxy groups -OCH3 is 1. The summed E-state index contributed by atoms with van der Waals surface area (Å²) in [5.74, 6) is -0.928. The number of carboxylic acid groups (broad SMARTS) is 1. The van der Waals surface area contributed by atoms with Gasteiger partial charge in [0.2, 0.25) is 0 Å². The van der Waals surface area contributed by atoms with Crippen molar-refractivity contribution >= 4 is 5.97 Å². The van der Waals surface area contributed by atoms with E-state index in [-0.39, 0.29) is 5.69 Å². The van der Waals surface area contributed by atoms with Gasteiger partial charge >= 0.3 is 5.97 Å². The average molecular weight is 257 g/mol. The lowest BCUT2D eigenvalue weighted by atomic mass is 10.4. The van der Waals surface area contributed by atoms with Gasteiger partial charge < -0.3 is 23.9 Å². The van der Waals surface area contributed by atoms with Crippen molar-refractivity contribution in [3.63, 3.8) is 0 Å². The highest BCUT2D eigenvalue weighted by Gasteiger charge is 2.07. The van der Waals surface area contributed by atoms with Gasteiger partial charge in [-0.05, 0) is 12.1 Å². The molecule has 0 aliphatic carbocycles. The Hall–Kier alpha value is -1.37. The van der Waals surface area contributed by atoms with Crippen LogP contribution in [0, 0.1) is 0 Å². The van der Waals surface area contributed by atoms with E-state index in [1.54, 1.807) is 30.0 Å². The molecule has 1 rings (SSSR count). The van der Waals surface area contributed by atoms with Crippen LogP contribution in [-0.2, 0) is 20.8 Å². The Morgan fingerprint density at radius 2 is 1.89 bits per heavy atom. The quantitative estimate of drug-likeness (QED) is 0.630. The van der Waals surface area contributed by atoms with E-state index in [1.165, 1.54) is 0 Å². The van der Waals surface area contributed by atoms with Crippen LogP contribution < -0.4 is 0 Å². The SMILES string of the molecule is COCCOCCOCCn1cccc1C(=O)O. The minimum absolute atomic E-state index is 0.273. The molecule has 0 aliphatic heterocycles. The first-order chi connectivity index (χ1) is 8.75. The van der Waals surface area contributed by atoms with Crippen LogP contribution in [0.25, 0.3) is 0 Å². The Morgan fingerprint density at radius 1 is 1.22 bits per heavy atom. The number of hydrogen-bond donors (Lipinski definition) is 1. The molecule has 0 amide bonds. The fraction of sp³-hybridized carbons (Fsp3) is 0.583. The summed E-state index contributed by atoms with van der Waals surface area (Å²) in [6, 6.07) is 3.27. The van der Waals surface area contributed by atoms with E-state index in [0.29, 0.717) is 39.6 Å². The van der Waals surface area contributed by atoms with E-state index in [9.17, 15) is 4.79 Å². The monoisotopic (exact) mass is 257 g/mol. The fourth-order valence-electron chi connectivity index (χ4n) is 1.43. The Balaban J connectivity index is 2.07. The second-order valence-electron chi connectivity index (χ2n) is 3.61. The van der Waals surface area contributed by atoms with E-state index < -0.39 is 5.97 Å². The van der Waals surface area contributed by atoms with E-state index >= 15 is 0 Å². The van der Waals surface area contributed by atoms with E-state index in [2.05, 4.69) is 0 Å². The molecule has 0 aromatic carbocycles. The van der Waals surface area contributed by atoms with Crippen LogP contribution in [0.5, 0.6) is 0 Å². The Morgan fingerprint density at radius 3 is 2.56 bits per heavy atom. The van der Waals surface area contributed by atoms with Gasteiger partial charge in [0, 0.05) is 19.9 Å². The molecule has 1 aromatic rings. The van der Waals surface area contributed by atoms with Crippen LogP contribution in [0.4, 0.5) is 0 Å². The zero-order valence-corrected chi connectivity index (χ0v) is 10.5. The molecule has 0 bridgehead atoms. The lowest BCUT2D eigenvalue weighted by molar-refractivity contribution is 0.0228. The summed E-state index contributed by atoms with van der Waals surface area (Å²) in [6.45, 7) is 3.12. The van der Waals surface area contributed by atoms with E-state index in [0.717, 1.165) is 0 Å². The maximum Gasteiger partial charge on any atom is 0.352 e. The van der Waals surface area contributed by atoms with Gasteiger partial charge in [0.15, 0.2) is 0 Å². The lowest BCUT2D eigenvalue weighted by Gasteiger charge is -2.08. The molecule has 0 radical (unpaired) electrons. The molecule has 0 spiro atoms. The first-order valence-corrected chi connectivity index (χ1v) is 5.78. The Labute approximate surface area is 106 Å². The maximum absolute atomic E-state index is 10.8. The summed E-state index contributed by atoms with van der Waals surface area (Å²) in [7, 11) is 1.62. The first-order valence-electron chi connectivity index (χ1n) is 5.78. The number of carboxylic acids is 1. The van der Waals surface area contributed by atoms with Crippen molar-refractivity contribution in [2.75, 3.05) is 40.1 Å². The topological polar surface area (TPSA) is 69.9 Å². The first kappa shape index (κ1) is 14.7. The number of aromatic carboxylic acids is 1. The van der Waals surface area contributed by atoms with Gasteiger partial charge in [-0.25, -0.2) is 4.79 Å². The average Bonchev–Trinajstić information content (AvgIpc) is 2.81. The molecule has 1 N–H and O–H groups in total. The van der Waals surface area contributed by atoms with Gasteiger partial charge in [0.05, 0.1) is 33.0 Å². The molecule has 0 fully saturated rings. The van der Waals surface area contributed by atoms with Crippen molar-refractivity contribution in [2.45, 2.75) is 6.54 Å². The molecule has 1 heterocycles. The third-order valence-corrected chi connectivity index (χ3v) is 2.33. The molecular formula is C12H19NO5. The molecule has 102 valence electrons. The van der Waals surface area contributed by atoms with Crippen LogP contribution in [-0.4, -0.2) is 55.8 Å². The van der Waals surface area contributed by atoms with Crippen molar-refractivity contribution in [1.29, 1.82) is 0 Å². The standard InChI is InChI=1S/C12H19NO5/c1-16-7-8-18-10-9-17-6-5-13-4-2-3-11(13)12(14)15/h2-4H,5-10H2,1H3,(H,14,15). The fourth-order valence-corrected chi connectivity index (χ4v) is 1.43. The van der Waals surface area contributed by atoms with Crippen LogP contribution in [0.15, 0.2) is 18.3 Å². The minimum atomic E-state index is -0.928. The normalized spacial score (nSPS) is 10.7. The van der Waals surface area contributed by atoms with Gasteiger partial charge in [-0.2, -0.15) is 0 Å².